The zero-order chi connectivity index (χ0) is 14.4. The first kappa shape index (κ1) is 13.6. The summed E-state index contributed by atoms with van der Waals surface area (Å²) in [5.74, 6) is 6.19. The first-order valence-corrected chi connectivity index (χ1v) is 6.20. The molecule has 0 unspecified atom stereocenters. The number of benzene rings is 2. The molecule has 0 aliphatic carbocycles. The lowest BCUT2D eigenvalue weighted by molar-refractivity contribution is -0.130. The molecule has 0 spiro atoms. The molecule has 0 aliphatic rings. The van der Waals surface area contributed by atoms with Crippen LogP contribution in [0.4, 0.5) is 0 Å². The van der Waals surface area contributed by atoms with Crippen molar-refractivity contribution in [2.75, 3.05) is 0 Å². The number of carbonyl (C=O) groups is 1. The van der Waals surface area contributed by atoms with Crippen LogP contribution < -0.4 is 4.74 Å². The number of rotatable bonds is 2. The molecule has 2 rings (SSSR count). The fourth-order valence-electron chi connectivity index (χ4n) is 1.47. The van der Waals surface area contributed by atoms with E-state index in [0.717, 1.165) is 11.1 Å². The van der Waals surface area contributed by atoms with Crippen LogP contribution in [-0.4, -0.2) is 5.97 Å². The lowest BCUT2D eigenvalue weighted by Crippen LogP contribution is -2.07. The van der Waals surface area contributed by atoms with E-state index in [1.54, 1.807) is 19.1 Å². The predicted molar refractivity (Wildman–Crippen MR) is 79.3 cm³/mol. The average Bonchev–Trinajstić information content (AvgIpc) is 2.47. The van der Waals surface area contributed by atoms with Crippen LogP contribution in [0, 0.1) is 11.8 Å². The highest BCUT2D eigenvalue weighted by atomic mass is 16.5. The second-order valence-electron chi connectivity index (χ2n) is 4.31. The molecule has 0 N–H and O–H groups in total. The highest BCUT2D eigenvalue weighted by molar-refractivity contribution is 5.88. The summed E-state index contributed by atoms with van der Waals surface area (Å²) >= 11 is 0. The van der Waals surface area contributed by atoms with Gasteiger partial charge < -0.3 is 4.74 Å². The van der Waals surface area contributed by atoms with E-state index < -0.39 is 5.97 Å². The van der Waals surface area contributed by atoms with Crippen LogP contribution in [-0.2, 0) is 4.79 Å². The van der Waals surface area contributed by atoms with E-state index in [4.69, 9.17) is 4.74 Å². The van der Waals surface area contributed by atoms with Gasteiger partial charge in [0.15, 0.2) is 0 Å². The first-order valence-electron chi connectivity index (χ1n) is 6.20. The quantitative estimate of drug-likeness (QED) is 0.358. The zero-order valence-corrected chi connectivity index (χ0v) is 11.2. The molecule has 98 valence electrons. The summed E-state index contributed by atoms with van der Waals surface area (Å²) in [5.41, 5.74) is 2.20. The summed E-state index contributed by atoms with van der Waals surface area (Å²) in [6.45, 7) is 5.15. The van der Waals surface area contributed by atoms with Gasteiger partial charge in [0.2, 0.25) is 0 Å². The molecule has 0 saturated heterocycles. The van der Waals surface area contributed by atoms with Gasteiger partial charge in [-0.2, -0.15) is 0 Å². The molecule has 0 aromatic heterocycles. The minimum atomic E-state index is -0.423. The monoisotopic (exact) mass is 262 g/mol. The van der Waals surface area contributed by atoms with Gasteiger partial charge in [-0.3, -0.25) is 0 Å². The fraction of sp³-hybridized carbons (Fsp3) is 0.0556. The van der Waals surface area contributed by atoms with Gasteiger partial charge in [-0.05, 0) is 43.3 Å². The number of hydrogen-bond donors (Lipinski definition) is 0. The van der Waals surface area contributed by atoms with Crippen LogP contribution in [0.2, 0.25) is 0 Å². The molecule has 0 heterocycles. The minimum Gasteiger partial charge on any atom is -0.423 e. The Morgan fingerprint density at radius 1 is 0.950 bits per heavy atom. The van der Waals surface area contributed by atoms with Gasteiger partial charge in [0.25, 0.3) is 0 Å². The second-order valence-corrected chi connectivity index (χ2v) is 4.31. The summed E-state index contributed by atoms with van der Waals surface area (Å²) in [5, 5.41) is 0. The molecule has 2 nitrogen and oxygen atoms in total. The highest BCUT2D eigenvalue weighted by Crippen LogP contribution is 2.13. The first-order chi connectivity index (χ1) is 9.65. The lowest BCUT2D eigenvalue weighted by atomic mass is 10.2. The topological polar surface area (TPSA) is 26.3 Å². The summed E-state index contributed by atoms with van der Waals surface area (Å²) in [4.78, 5) is 11.4. The van der Waals surface area contributed by atoms with Crippen LogP contribution in [0.25, 0.3) is 0 Å². The van der Waals surface area contributed by atoms with Crippen molar-refractivity contribution in [1.29, 1.82) is 0 Å². The summed E-state index contributed by atoms with van der Waals surface area (Å²) in [7, 11) is 0. The second kappa shape index (κ2) is 6.40. The van der Waals surface area contributed by atoms with Crippen LogP contribution >= 0.6 is 0 Å². The molecule has 0 fully saturated rings. The van der Waals surface area contributed by atoms with Crippen molar-refractivity contribution in [2.45, 2.75) is 6.92 Å². The van der Waals surface area contributed by atoms with E-state index >= 15 is 0 Å². The van der Waals surface area contributed by atoms with Gasteiger partial charge in [0, 0.05) is 16.7 Å². The zero-order valence-electron chi connectivity index (χ0n) is 11.2. The van der Waals surface area contributed by atoms with Gasteiger partial charge in [-0.1, -0.05) is 36.6 Å². The predicted octanol–water partition coefficient (Wildman–Crippen LogP) is 3.57. The lowest BCUT2D eigenvalue weighted by Gasteiger charge is -2.02. The van der Waals surface area contributed by atoms with Crippen molar-refractivity contribution in [3.8, 4) is 17.6 Å². The van der Waals surface area contributed by atoms with E-state index in [9.17, 15) is 4.79 Å². The molecule has 0 saturated carbocycles. The number of esters is 1. The maximum atomic E-state index is 11.4. The van der Waals surface area contributed by atoms with E-state index in [1.807, 2.05) is 42.5 Å². The third-order valence-electron chi connectivity index (χ3n) is 2.54. The average molecular weight is 262 g/mol. The molecule has 20 heavy (non-hydrogen) atoms. The van der Waals surface area contributed by atoms with E-state index in [0.29, 0.717) is 11.3 Å². The number of hydrogen-bond acceptors (Lipinski definition) is 2. The third kappa shape index (κ3) is 3.86. The Morgan fingerprint density at radius 3 is 2.05 bits per heavy atom. The summed E-state index contributed by atoms with van der Waals surface area (Å²) in [6, 6.07) is 16.8. The molecule has 2 aromatic rings. The molecule has 0 amide bonds. The van der Waals surface area contributed by atoms with Crippen molar-refractivity contribution in [3.63, 3.8) is 0 Å². The number of carbonyl (C=O) groups excluding carboxylic acids is 1. The van der Waals surface area contributed by atoms with Crippen LogP contribution in [0.1, 0.15) is 18.1 Å². The van der Waals surface area contributed by atoms with Gasteiger partial charge in [-0.25, -0.2) is 4.79 Å². The Kier molecular flexibility index (Phi) is 4.36. The third-order valence-corrected chi connectivity index (χ3v) is 2.54. The van der Waals surface area contributed by atoms with Gasteiger partial charge in [-0.15, -0.1) is 0 Å². The Balaban J connectivity index is 2.08. The Hall–Kier alpha value is -2.79. The van der Waals surface area contributed by atoms with Gasteiger partial charge >= 0.3 is 5.97 Å². The molecule has 0 bridgehead atoms. The number of ether oxygens (including phenoxy) is 1. The van der Waals surface area contributed by atoms with Gasteiger partial charge in [0.1, 0.15) is 5.75 Å². The molecule has 2 heteroatoms. The normalized spacial score (nSPS) is 9.25. The van der Waals surface area contributed by atoms with Crippen LogP contribution in [0.15, 0.2) is 66.7 Å². The fourth-order valence-corrected chi connectivity index (χ4v) is 1.47. The van der Waals surface area contributed by atoms with Crippen molar-refractivity contribution >= 4 is 5.97 Å². The highest BCUT2D eigenvalue weighted by Gasteiger charge is 2.04. The summed E-state index contributed by atoms with van der Waals surface area (Å²) in [6.07, 6.45) is 0. The van der Waals surface area contributed by atoms with Crippen LogP contribution in [0.5, 0.6) is 5.75 Å². The summed E-state index contributed by atoms with van der Waals surface area (Å²) < 4.78 is 5.11. The minimum absolute atomic E-state index is 0.373. The Labute approximate surface area is 118 Å². The van der Waals surface area contributed by atoms with Crippen LogP contribution in [0.3, 0.4) is 0 Å². The molecule has 0 aliphatic heterocycles. The molecular weight excluding hydrogens is 248 g/mol. The molecule has 2 aromatic carbocycles. The van der Waals surface area contributed by atoms with Crippen molar-refractivity contribution in [3.05, 3.63) is 77.9 Å². The standard InChI is InChI=1S/C18H14O2/c1-14(2)18(19)20-17-12-10-16(11-13-17)9-8-15-6-4-3-5-7-15/h3-7,10-13H,1H2,2H3. The maximum absolute atomic E-state index is 11.4. The molecule has 0 radical (unpaired) electrons. The van der Waals surface area contributed by atoms with Crippen molar-refractivity contribution in [1.82, 2.24) is 0 Å². The van der Waals surface area contributed by atoms with E-state index in [-0.39, 0.29) is 0 Å². The molecular formula is C18H14O2. The largest absolute Gasteiger partial charge is 0.423 e. The van der Waals surface area contributed by atoms with E-state index in [1.165, 1.54) is 0 Å². The van der Waals surface area contributed by atoms with E-state index in [2.05, 4.69) is 18.4 Å². The smallest absolute Gasteiger partial charge is 0.338 e. The Morgan fingerprint density at radius 2 is 1.50 bits per heavy atom. The van der Waals surface area contributed by atoms with Gasteiger partial charge in [0.05, 0.1) is 0 Å². The SMILES string of the molecule is C=C(C)C(=O)Oc1ccc(C#Cc2ccccc2)cc1. The molecule has 0 atom stereocenters. The van der Waals surface area contributed by atoms with Crippen molar-refractivity contribution < 1.29 is 9.53 Å². The Bertz CT molecular complexity index is 671. The maximum Gasteiger partial charge on any atom is 0.338 e. The van der Waals surface area contributed by atoms with Crippen molar-refractivity contribution in [2.24, 2.45) is 0 Å².